The van der Waals surface area contributed by atoms with Gasteiger partial charge < -0.3 is 5.32 Å². The highest BCUT2D eigenvalue weighted by Crippen LogP contribution is 2.44. The van der Waals surface area contributed by atoms with Gasteiger partial charge in [0.1, 0.15) is 11.6 Å². The second kappa shape index (κ2) is 5.35. The van der Waals surface area contributed by atoms with Crippen LogP contribution in [0.3, 0.4) is 0 Å². The number of Topliss-reactive ketones (excluding diaryl/α,β-unsaturated/α-hetero) is 2. The zero-order chi connectivity index (χ0) is 16.1. The number of halogens is 2. The van der Waals surface area contributed by atoms with Crippen LogP contribution in [-0.4, -0.2) is 30.4 Å². The minimum Gasteiger partial charge on any atom is -0.304 e. The van der Waals surface area contributed by atoms with Crippen LogP contribution in [0, 0.1) is 11.7 Å². The fraction of sp³-hybridized carbons (Fsp3) is 0.353. The van der Waals surface area contributed by atoms with E-state index >= 15 is 0 Å². The van der Waals surface area contributed by atoms with Crippen molar-refractivity contribution in [1.29, 1.82) is 0 Å². The second-order valence-corrected chi connectivity index (χ2v) is 6.49. The molecule has 1 aliphatic carbocycles. The minimum atomic E-state index is -0.510. The number of hydrogen-bond donors (Lipinski definition) is 1. The molecule has 0 radical (unpaired) electrons. The fourth-order valence-electron chi connectivity index (χ4n) is 3.76. The molecule has 0 bridgehead atoms. The van der Waals surface area contributed by atoms with Crippen LogP contribution in [0.1, 0.15) is 24.3 Å². The molecule has 3 aliphatic rings. The van der Waals surface area contributed by atoms with Gasteiger partial charge in [0.2, 0.25) is 0 Å². The van der Waals surface area contributed by atoms with E-state index in [0.717, 1.165) is 5.71 Å². The maximum Gasteiger partial charge on any atom is 0.175 e. The first-order valence-electron chi connectivity index (χ1n) is 7.58. The molecule has 0 spiro atoms. The van der Waals surface area contributed by atoms with Crippen molar-refractivity contribution in [3.05, 3.63) is 45.9 Å². The molecular weight excluding hydrogens is 319 g/mol. The van der Waals surface area contributed by atoms with Gasteiger partial charge >= 0.3 is 0 Å². The number of rotatable bonds is 1. The monoisotopic (exact) mass is 332 g/mol. The second-order valence-electron chi connectivity index (χ2n) is 6.09. The first-order valence-corrected chi connectivity index (χ1v) is 7.96. The van der Waals surface area contributed by atoms with E-state index in [9.17, 15) is 14.0 Å². The number of carbonyl (C=O) groups is 2. The van der Waals surface area contributed by atoms with Crippen molar-refractivity contribution in [3.63, 3.8) is 0 Å². The van der Waals surface area contributed by atoms with Crippen molar-refractivity contribution in [2.75, 3.05) is 13.1 Å². The van der Waals surface area contributed by atoms with E-state index < -0.39 is 17.7 Å². The van der Waals surface area contributed by atoms with Crippen molar-refractivity contribution in [2.45, 2.75) is 18.8 Å². The third kappa shape index (κ3) is 2.26. The first kappa shape index (κ1) is 14.7. The van der Waals surface area contributed by atoms with Crippen LogP contribution >= 0.6 is 11.6 Å². The van der Waals surface area contributed by atoms with Gasteiger partial charge in [-0.05, 0) is 24.1 Å². The van der Waals surface area contributed by atoms with E-state index in [4.69, 9.17) is 11.6 Å². The molecule has 4 nitrogen and oxygen atoms in total. The number of benzene rings is 1. The molecule has 1 N–H and O–H groups in total. The Morgan fingerprint density at radius 1 is 1.17 bits per heavy atom. The lowest BCUT2D eigenvalue weighted by Crippen LogP contribution is -2.40. The van der Waals surface area contributed by atoms with Crippen LogP contribution in [-0.2, 0) is 9.59 Å². The Morgan fingerprint density at radius 3 is 2.78 bits per heavy atom. The smallest absolute Gasteiger partial charge is 0.175 e. The van der Waals surface area contributed by atoms with Gasteiger partial charge in [0.15, 0.2) is 5.78 Å². The summed E-state index contributed by atoms with van der Waals surface area (Å²) in [5.41, 5.74) is 2.81. The fourth-order valence-corrected chi connectivity index (χ4v) is 3.94. The van der Waals surface area contributed by atoms with Crippen molar-refractivity contribution in [1.82, 2.24) is 5.32 Å². The van der Waals surface area contributed by atoms with Crippen LogP contribution in [0.25, 0.3) is 0 Å². The van der Waals surface area contributed by atoms with E-state index in [1.165, 1.54) is 12.1 Å². The highest BCUT2D eigenvalue weighted by Gasteiger charge is 2.45. The van der Waals surface area contributed by atoms with E-state index in [0.29, 0.717) is 36.2 Å². The van der Waals surface area contributed by atoms with Gasteiger partial charge in [0.05, 0.1) is 23.2 Å². The third-order valence-corrected chi connectivity index (χ3v) is 5.04. The Labute approximate surface area is 137 Å². The van der Waals surface area contributed by atoms with Crippen LogP contribution in [0.4, 0.5) is 4.39 Å². The van der Waals surface area contributed by atoms with Gasteiger partial charge in [0.25, 0.3) is 0 Å². The van der Waals surface area contributed by atoms with Gasteiger partial charge in [-0.3, -0.25) is 14.6 Å². The summed E-state index contributed by atoms with van der Waals surface area (Å²) in [5, 5.41) is 3.03. The summed E-state index contributed by atoms with van der Waals surface area (Å²) in [6, 6.07) is 4.42. The number of fused-ring (bicyclic) bond motifs is 1. The quantitative estimate of drug-likeness (QED) is 0.859. The molecule has 1 saturated carbocycles. The number of aliphatic imine (C=N–C) groups is 1. The lowest BCUT2D eigenvalue weighted by molar-refractivity contribution is -0.120. The molecule has 0 amide bonds. The summed E-state index contributed by atoms with van der Waals surface area (Å²) in [4.78, 5) is 29.4. The summed E-state index contributed by atoms with van der Waals surface area (Å²) in [5.74, 6) is -1.30. The first-order chi connectivity index (χ1) is 11.1. The molecule has 4 rings (SSSR count). The summed E-state index contributed by atoms with van der Waals surface area (Å²) in [7, 11) is 0. The molecule has 2 heterocycles. The largest absolute Gasteiger partial charge is 0.304 e. The van der Waals surface area contributed by atoms with Gasteiger partial charge in [-0.1, -0.05) is 17.7 Å². The SMILES string of the molecule is O=C1CNCC2=C1C(c1ccc(F)c(Cl)c1)C1C(=O)CCC1=N2. The summed E-state index contributed by atoms with van der Waals surface area (Å²) >= 11 is 5.92. The Morgan fingerprint density at radius 2 is 2.00 bits per heavy atom. The van der Waals surface area contributed by atoms with E-state index in [2.05, 4.69) is 10.3 Å². The number of carbonyl (C=O) groups excluding carboxylic acids is 2. The molecule has 2 atom stereocenters. The van der Waals surface area contributed by atoms with Gasteiger partial charge in [-0.25, -0.2) is 4.39 Å². The maximum atomic E-state index is 13.5. The Balaban J connectivity index is 1.91. The van der Waals surface area contributed by atoms with Gasteiger partial charge in [-0.15, -0.1) is 0 Å². The Hall–Kier alpha value is -1.85. The molecular formula is C17H14ClFN2O2. The molecule has 0 saturated heterocycles. The lowest BCUT2D eigenvalue weighted by Gasteiger charge is -2.33. The predicted molar refractivity (Wildman–Crippen MR) is 84.2 cm³/mol. The number of ketones is 2. The van der Waals surface area contributed by atoms with Crippen molar-refractivity contribution >= 4 is 28.9 Å². The normalized spacial score (nSPS) is 27.0. The standard InChI is InChI=1S/C17H14ClFN2O2/c18-9-5-8(1-2-10(9)19)15-16-11(3-4-13(16)22)21-12-6-20-7-14(23)17(12)15/h1-2,5,15-16,20H,3-4,6-7H2. The maximum absolute atomic E-state index is 13.5. The minimum absolute atomic E-state index is 0.000501. The Kier molecular flexibility index (Phi) is 3.43. The number of nitrogens with one attached hydrogen (secondary N) is 1. The zero-order valence-corrected chi connectivity index (χ0v) is 13.0. The highest BCUT2D eigenvalue weighted by molar-refractivity contribution is 6.30. The van der Waals surface area contributed by atoms with Crippen molar-refractivity contribution in [2.24, 2.45) is 10.9 Å². The van der Waals surface area contributed by atoms with E-state index in [1.807, 2.05) is 0 Å². The van der Waals surface area contributed by atoms with Crippen molar-refractivity contribution in [3.8, 4) is 0 Å². The van der Waals surface area contributed by atoms with E-state index in [1.54, 1.807) is 6.07 Å². The van der Waals surface area contributed by atoms with E-state index in [-0.39, 0.29) is 23.1 Å². The van der Waals surface area contributed by atoms with Crippen LogP contribution < -0.4 is 5.32 Å². The summed E-state index contributed by atoms with van der Waals surface area (Å²) in [6.07, 6.45) is 1.07. The summed E-state index contributed by atoms with van der Waals surface area (Å²) in [6.45, 7) is 0.743. The van der Waals surface area contributed by atoms with Gasteiger partial charge in [-0.2, -0.15) is 0 Å². The van der Waals surface area contributed by atoms with Crippen LogP contribution in [0.15, 0.2) is 34.5 Å². The molecule has 1 aromatic carbocycles. The Bertz CT molecular complexity index is 800. The molecule has 1 aromatic rings. The average molecular weight is 333 g/mol. The van der Waals surface area contributed by atoms with Gasteiger partial charge in [0, 0.05) is 30.2 Å². The number of nitrogens with zero attached hydrogens (tertiary/aromatic N) is 1. The molecule has 2 aliphatic heterocycles. The molecule has 2 unspecified atom stereocenters. The average Bonchev–Trinajstić information content (AvgIpc) is 2.90. The molecule has 6 heteroatoms. The van der Waals surface area contributed by atoms with Crippen LogP contribution in [0.5, 0.6) is 0 Å². The topological polar surface area (TPSA) is 58.5 Å². The lowest BCUT2D eigenvalue weighted by atomic mass is 9.74. The zero-order valence-electron chi connectivity index (χ0n) is 12.2. The predicted octanol–water partition coefficient (Wildman–Crippen LogP) is 2.42. The number of hydrogen-bond acceptors (Lipinski definition) is 4. The highest BCUT2D eigenvalue weighted by atomic mass is 35.5. The third-order valence-electron chi connectivity index (χ3n) is 4.75. The molecule has 1 fully saturated rings. The van der Waals surface area contributed by atoms with Crippen molar-refractivity contribution < 1.29 is 14.0 Å². The molecule has 0 aromatic heterocycles. The van der Waals surface area contributed by atoms with Crippen LogP contribution in [0.2, 0.25) is 5.02 Å². The molecule has 23 heavy (non-hydrogen) atoms. The molecule has 118 valence electrons. The summed E-state index contributed by atoms with van der Waals surface area (Å²) < 4.78 is 13.5.